The standard InChI is InChI=1S/C12H23NO2/c1-10(2)12(3,4)15-9-8-13-7-5-6-11(13)14/h10H,5-9H2,1-4H3. The third kappa shape index (κ3) is 3.49. The lowest BCUT2D eigenvalue weighted by molar-refractivity contribution is -0.129. The normalized spacial score (nSPS) is 17.9. The van der Waals surface area contributed by atoms with Crippen molar-refractivity contribution >= 4 is 5.91 Å². The Balaban J connectivity index is 2.24. The number of likely N-dealkylation sites (tertiary alicyclic amines) is 1. The van der Waals surface area contributed by atoms with Crippen molar-refractivity contribution in [2.45, 2.75) is 46.1 Å². The summed E-state index contributed by atoms with van der Waals surface area (Å²) in [6.45, 7) is 10.8. The summed E-state index contributed by atoms with van der Waals surface area (Å²) in [5, 5.41) is 0. The molecule has 88 valence electrons. The molecule has 0 saturated carbocycles. The predicted octanol–water partition coefficient (Wildman–Crippen LogP) is 2.06. The van der Waals surface area contributed by atoms with Crippen LogP contribution >= 0.6 is 0 Å². The molecular formula is C12H23NO2. The topological polar surface area (TPSA) is 29.5 Å². The fraction of sp³-hybridized carbons (Fsp3) is 0.917. The van der Waals surface area contributed by atoms with Crippen molar-refractivity contribution in [3.63, 3.8) is 0 Å². The lowest BCUT2D eigenvalue weighted by Crippen LogP contribution is -2.35. The minimum Gasteiger partial charge on any atom is -0.373 e. The molecule has 0 bridgehead atoms. The van der Waals surface area contributed by atoms with Gasteiger partial charge in [-0.1, -0.05) is 13.8 Å². The molecule has 0 N–H and O–H groups in total. The molecule has 1 aliphatic heterocycles. The Kier molecular flexibility index (Phi) is 4.14. The maximum Gasteiger partial charge on any atom is 0.222 e. The molecule has 0 aromatic heterocycles. The van der Waals surface area contributed by atoms with Gasteiger partial charge in [0.2, 0.25) is 5.91 Å². The van der Waals surface area contributed by atoms with Crippen LogP contribution in [-0.2, 0) is 9.53 Å². The molecule has 1 aliphatic rings. The SMILES string of the molecule is CC(C)C(C)(C)OCCN1CCCC1=O. The molecule has 1 fully saturated rings. The highest BCUT2D eigenvalue weighted by Gasteiger charge is 2.24. The summed E-state index contributed by atoms with van der Waals surface area (Å²) in [5.74, 6) is 0.771. The van der Waals surface area contributed by atoms with Crippen LogP contribution in [0.2, 0.25) is 0 Å². The maximum absolute atomic E-state index is 11.3. The van der Waals surface area contributed by atoms with Crippen LogP contribution in [0.25, 0.3) is 0 Å². The third-order valence-electron chi connectivity index (χ3n) is 3.40. The molecule has 0 unspecified atom stereocenters. The van der Waals surface area contributed by atoms with Crippen LogP contribution in [0.15, 0.2) is 0 Å². The molecule has 0 aliphatic carbocycles. The van der Waals surface area contributed by atoms with Crippen LogP contribution in [0.3, 0.4) is 0 Å². The minimum absolute atomic E-state index is 0.0945. The molecule has 3 heteroatoms. The lowest BCUT2D eigenvalue weighted by atomic mass is 9.95. The monoisotopic (exact) mass is 213 g/mol. The van der Waals surface area contributed by atoms with Crippen LogP contribution in [0.5, 0.6) is 0 Å². The van der Waals surface area contributed by atoms with E-state index in [1.165, 1.54) is 0 Å². The number of amides is 1. The lowest BCUT2D eigenvalue weighted by Gasteiger charge is -2.30. The van der Waals surface area contributed by atoms with Gasteiger partial charge in [0.1, 0.15) is 0 Å². The second-order valence-electron chi connectivity index (χ2n) is 5.09. The van der Waals surface area contributed by atoms with Crippen LogP contribution in [0.4, 0.5) is 0 Å². The van der Waals surface area contributed by atoms with E-state index in [2.05, 4.69) is 27.7 Å². The van der Waals surface area contributed by atoms with E-state index in [1.807, 2.05) is 4.90 Å². The third-order valence-corrected chi connectivity index (χ3v) is 3.40. The van der Waals surface area contributed by atoms with Gasteiger partial charge in [0.05, 0.1) is 12.2 Å². The van der Waals surface area contributed by atoms with Crippen molar-refractivity contribution in [2.75, 3.05) is 19.7 Å². The maximum atomic E-state index is 11.3. The molecule has 0 aromatic rings. The van der Waals surface area contributed by atoms with Crippen molar-refractivity contribution in [3.8, 4) is 0 Å². The molecule has 1 heterocycles. The highest BCUT2D eigenvalue weighted by molar-refractivity contribution is 5.77. The Labute approximate surface area is 92.8 Å². The van der Waals surface area contributed by atoms with Crippen LogP contribution < -0.4 is 0 Å². The van der Waals surface area contributed by atoms with Gasteiger partial charge in [0.15, 0.2) is 0 Å². The van der Waals surface area contributed by atoms with E-state index < -0.39 is 0 Å². The van der Waals surface area contributed by atoms with E-state index in [-0.39, 0.29) is 11.5 Å². The fourth-order valence-electron chi connectivity index (χ4n) is 1.53. The molecule has 0 aromatic carbocycles. The van der Waals surface area contributed by atoms with Gasteiger partial charge in [0, 0.05) is 19.5 Å². The first kappa shape index (κ1) is 12.5. The van der Waals surface area contributed by atoms with Crippen molar-refractivity contribution in [1.82, 2.24) is 4.90 Å². The molecule has 1 amide bonds. The van der Waals surface area contributed by atoms with Gasteiger partial charge < -0.3 is 9.64 Å². The quantitative estimate of drug-likeness (QED) is 0.699. The van der Waals surface area contributed by atoms with Crippen molar-refractivity contribution < 1.29 is 9.53 Å². The van der Waals surface area contributed by atoms with Gasteiger partial charge >= 0.3 is 0 Å². The molecule has 0 atom stereocenters. The van der Waals surface area contributed by atoms with Gasteiger partial charge in [-0.25, -0.2) is 0 Å². The Hall–Kier alpha value is -0.570. The smallest absolute Gasteiger partial charge is 0.222 e. The van der Waals surface area contributed by atoms with Crippen LogP contribution in [0, 0.1) is 5.92 Å². The number of ether oxygens (including phenoxy) is 1. The van der Waals surface area contributed by atoms with Crippen LogP contribution in [0.1, 0.15) is 40.5 Å². The van der Waals surface area contributed by atoms with Gasteiger partial charge in [-0.15, -0.1) is 0 Å². The Morgan fingerprint density at radius 3 is 2.60 bits per heavy atom. The van der Waals surface area contributed by atoms with E-state index in [1.54, 1.807) is 0 Å². The van der Waals surface area contributed by atoms with Gasteiger partial charge in [-0.05, 0) is 26.2 Å². The Morgan fingerprint density at radius 2 is 2.13 bits per heavy atom. The molecule has 3 nitrogen and oxygen atoms in total. The molecule has 0 radical (unpaired) electrons. The Bertz CT molecular complexity index is 224. The van der Waals surface area contributed by atoms with Gasteiger partial charge in [0.25, 0.3) is 0 Å². The van der Waals surface area contributed by atoms with E-state index in [0.29, 0.717) is 18.9 Å². The summed E-state index contributed by atoms with van der Waals surface area (Å²) in [6, 6.07) is 0. The Morgan fingerprint density at radius 1 is 1.47 bits per heavy atom. The van der Waals surface area contributed by atoms with E-state index in [4.69, 9.17) is 4.74 Å². The second-order valence-corrected chi connectivity index (χ2v) is 5.09. The first-order chi connectivity index (χ1) is 6.93. The molecule has 15 heavy (non-hydrogen) atoms. The molecule has 1 saturated heterocycles. The zero-order valence-corrected chi connectivity index (χ0v) is 10.4. The molecule has 0 spiro atoms. The van der Waals surface area contributed by atoms with Crippen molar-refractivity contribution in [1.29, 1.82) is 0 Å². The summed E-state index contributed by atoms with van der Waals surface area (Å²) in [7, 11) is 0. The summed E-state index contributed by atoms with van der Waals surface area (Å²) in [4.78, 5) is 13.2. The highest BCUT2D eigenvalue weighted by Crippen LogP contribution is 2.20. The number of hydrogen-bond acceptors (Lipinski definition) is 2. The largest absolute Gasteiger partial charge is 0.373 e. The average Bonchev–Trinajstić information content (AvgIpc) is 2.51. The predicted molar refractivity (Wildman–Crippen MR) is 60.7 cm³/mol. The molecular weight excluding hydrogens is 190 g/mol. The number of carbonyl (C=O) groups is 1. The summed E-state index contributed by atoms with van der Waals surface area (Å²) < 4.78 is 5.81. The minimum atomic E-state index is -0.0945. The number of nitrogens with zero attached hydrogens (tertiary/aromatic N) is 1. The first-order valence-electron chi connectivity index (χ1n) is 5.85. The second kappa shape index (κ2) is 4.97. The summed E-state index contributed by atoms with van der Waals surface area (Å²) in [6.07, 6.45) is 1.72. The van der Waals surface area contributed by atoms with Gasteiger partial charge in [-0.3, -0.25) is 4.79 Å². The number of hydrogen-bond donors (Lipinski definition) is 0. The van der Waals surface area contributed by atoms with Crippen molar-refractivity contribution in [2.24, 2.45) is 5.92 Å². The zero-order chi connectivity index (χ0) is 11.5. The average molecular weight is 213 g/mol. The number of carbonyl (C=O) groups excluding carboxylic acids is 1. The fourth-order valence-corrected chi connectivity index (χ4v) is 1.53. The molecule has 1 rings (SSSR count). The summed E-state index contributed by atoms with van der Waals surface area (Å²) >= 11 is 0. The van der Waals surface area contributed by atoms with E-state index in [0.717, 1.165) is 19.5 Å². The summed E-state index contributed by atoms with van der Waals surface area (Å²) in [5.41, 5.74) is -0.0945. The van der Waals surface area contributed by atoms with Crippen LogP contribution in [-0.4, -0.2) is 36.1 Å². The van der Waals surface area contributed by atoms with Crippen molar-refractivity contribution in [3.05, 3.63) is 0 Å². The van der Waals surface area contributed by atoms with E-state index in [9.17, 15) is 4.79 Å². The first-order valence-corrected chi connectivity index (χ1v) is 5.85. The van der Waals surface area contributed by atoms with Gasteiger partial charge in [-0.2, -0.15) is 0 Å². The van der Waals surface area contributed by atoms with E-state index >= 15 is 0 Å². The zero-order valence-electron chi connectivity index (χ0n) is 10.4. The number of rotatable bonds is 5. The highest BCUT2D eigenvalue weighted by atomic mass is 16.5.